The number of benzene rings is 5. The third-order valence-electron chi connectivity index (χ3n) is 10.3. The van der Waals surface area contributed by atoms with E-state index in [0.717, 1.165) is 42.4 Å². The molecule has 18 heteroatoms. The van der Waals surface area contributed by atoms with E-state index in [0.29, 0.717) is 33.1 Å². The van der Waals surface area contributed by atoms with E-state index in [2.05, 4.69) is 77.1 Å². The molecule has 302 valence electrons. The Kier molecular flexibility index (Phi) is 10.3. The van der Waals surface area contributed by atoms with Gasteiger partial charge in [0.15, 0.2) is 0 Å². The molecule has 3 N–H and O–H groups in total. The fraction of sp³-hybridized carbons (Fsp3) is 0.0930. The third kappa shape index (κ3) is 7.83. The maximum atomic E-state index is 9.74. The lowest BCUT2D eigenvalue weighted by Crippen LogP contribution is -2.10. The summed E-state index contributed by atoms with van der Waals surface area (Å²) in [5.41, 5.74) is 9.18. The first kappa shape index (κ1) is 37.9. The topological polar surface area (TPSA) is 206 Å². The van der Waals surface area contributed by atoms with Crippen molar-refractivity contribution in [2.45, 2.75) is 25.0 Å². The van der Waals surface area contributed by atoms with Gasteiger partial charge in [0.05, 0.1) is 37.1 Å². The van der Waals surface area contributed by atoms with Gasteiger partial charge in [0.1, 0.15) is 33.1 Å². The summed E-state index contributed by atoms with van der Waals surface area (Å²) < 4.78 is 6.06. The average molecular weight is 812 g/mol. The second-order valence-electron chi connectivity index (χ2n) is 14.0. The molecule has 11 rings (SSSR count). The first-order valence-corrected chi connectivity index (χ1v) is 19.1. The smallest absolute Gasteiger partial charge is 0.131 e. The number of aromatic nitrogens is 15. The Morgan fingerprint density at radius 3 is 1.34 bits per heavy atom. The highest BCUT2D eigenvalue weighted by Crippen LogP contribution is 2.30. The van der Waals surface area contributed by atoms with E-state index >= 15 is 0 Å². The number of imidazole rings is 3. The van der Waals surface area contributed by atoms with Crippen molar-refractivity contribution in [1.29, 1.82) is 0 Å². The second kappa shape index (κ2) is 16.7. The van der Waals surface area contributed by atoms with Crippen LogP contribution in [0.25, 0.3) is 33.1 Å². The lowest BCUT2D eigenvalue weighted by molar-refractivity contribution is 0.154. The van der Waals surface area contributed by atoms with Gasteiger partial charge < -0.3 is 29.3 Å². The van der Waals surface area contributed by atoms with Crippen LogP contribution in [0.15, 0.2) is 171 Å². The number of hydrogen-bond acceptors (Lipinski definition) is 12. The number of rotatable bonds is 8. The van der Waals surface area contributed by atoms with E-state index in [1.807, 2.05) is 123 Å². The molecule has 0 aliphatic rings. The molecule has 0 aliphatic carbocycles. The Labute approximate surface area is 346 Å². The Bertz CT molecular complexity index is 3110. The zero-order chi connectivity index (χ0) is 41.7. The molecule has 0 amide bonds. The molecule has 0 bridgehead atoms. The van der Waals surface area contributed by atoms with Gasteiger partial charge in [-0.2, -0.15) is 0 Å². The summed E-state index contributed by atoms with van der Waals surface area (Å²) in [6.07, 6.45) is 16.4. The third-order valence-corrected chi connectivity index (χ3v) is 10.3. The molecular formula is C43H37N15O3. The van der Waals surface area contributed by atoms with Gasteiger partial charge in [-0.25, -0.2) is 15.0 Å². The van der Waals surface area contributed by atoms with E-state index in [4.69, 9.17) is 0 Å². The van der Waals surface area contributed by atoms with Crippen molar-refractivity contribution in [3.05, 3.63) is 199 Å². The minimum absolute atomic E-state index is 0.00283. The minimum Gasteiger partial charge on any atom is -0.410 e. The number of fused-ring (bicyclic) bond motifs is 3. The van der Waals surface area contributed by atoms with Crippen LogP contribution in [0.3, 0.4) is 0 Å². The van der Waals surface area contributed by atoms with E-state index in [1.165, 1.54) is 0 Å². The fourth-order valence-electron chi connectivity index (χ4n) is 7.24. The first-order chi connectivity index (χ1) is 29.9. The Morgan fingerprint density at radius 2 is 0.836 bits per heavy atom. The minimum atomic E-state index is -0.0250. The van der Waals surface area contributed by atoms with Gasteiger partial charge in [-0.15, -0.1) is 15.3 Å². The molecule has 5 aromatic carbocycles. The van der Waals surface area contributed by atoms with Crippen molar-refractivity contribution in [1.82, 2.24) is 74.1 Å². The van der Waals surface area contributed by atoms with Gasteiger partial charge in [-0.1, -0.05) is 93.4 Å². The van der Waals surface area contributed by atoms with Gasteiger partial charge in [0, 0.05) is 37.2 Å². The molecule has 11 aromatic rings. The van der Waals surface area contributed by atoms with Crippen molar-refractivity contribution < 1.29 is 15.6 Å². The highest BCUT2D eigenvalue weighted by atomic mass is 16.5. The van der Waals surface area contributed by atoms with Crippen LogP contribution in [0.4, 0.5) is 0 Å². The lowest BCUT2D eigenvalue weighted by Gasteiger charge is -2.19. The van der Waals surface area contributed by atoms with Crippen LogP contribution < -0.4 is 0 Å². The van der Waals surface area contributed by atoms with Crippen LogP contribution in [-0.2, 0) is 0 Å². The average Bonchev–Trinajstić information content (AvgIpc) is 4.18. The monoisotopic (exact) mass is 811 g/mol. The fourth-order valence-corrected chi connectivity index (χ4v) is 7.24. The molecule has 0 aliphatic heterocycles. The summed E-state index contributed by atoms with van der Waals surface area (Å²) in [7, 11) is 0. The predicted octanol–water partition coefficient (Wildman–Crippen LogP) is 6.48. The van der Waals surface area contributed by atoms with Gasteiger partial charge in [-0.3, -0.25) is 0 Å². The second-order valence-corrected chi connectivity index (χ2v) is 14.0. The molecule has 0 radical (unpaired) electrons. The molecule has 0 fully saturated rings. The van der Waals surface area contributed by atoms with Crippen LogP contribution in [0.5, 0.6) is 0 Å². The van der Waals surface area contributed by atoms with Gasteiger partial charge >= 0.3 is 0 Å². The molecule has 6 aromatic heterocycles. The standard InChI is InChI=1S/2C16H13N5O.C11H11N5O/c22-21-15-7-6-13(10-14(15)18-19-21)16(20-9-8-17-11-20)12-4-2-1-3-5-12;22-21-15-10-13(6-7-14(15)18-19-21)16(20-9-8-17-11-20)12-4-2-1-3-5-12;1-8(15-5-4-12-7-15)9-2-3-10-11(6-9)16(17)14-13-10/h2*1-11,16,22H;2-8,17H,1H3. The largest absolute Gasteiger partial charge is 0.410 e. The van der Waals surface area contributed by atoms with Gasteiger partial charge in [0.2, 0.25) is 0 Å². The molecule has 0 saturated carbocycles. The number of nitrogens with zero attached hydrogens (tertiary/aromatic N) is 15. The normalized spacial score (nSPS) is 12.7. The summed E-state index contributed by atoms with van der Waals surface area (Å²) in [5, 5.41) is 51.3. The summed E-state index contributed by atoms with van der Waals surface area (Å²) in [4.78, 5) is 14.7. The molecule has 0 saturated heterocycles. The molecule has 6 heterocycles. The van der Waals surface area contributed by atoms with Crippen molar-refractivity contribution in [3.63, 3.8) is 0 Å². The van der Waals surface area contributed by atoms with Crippen molar-refractivity contribution >= 4 is 33.1 Å². The van der Waals surface area contributed by atoms with E-state index in [1.54, 1.807) is 37.6 Å². The summed E-state index contributed by atoms with van der Waals surface area (Å²) in [5.74, 6) is 0. The maximum Gasteiger partial charge on any atom is 0.131 e. The van der Waals surface area contributed by atoms with Crippen molar-refractivity contribution in [3.8, 4) is 0 Å². The zero-order valence-corrected chi connectivity index (χ0v) is 32.4. The Hall–Kier alpha value is -8.67. The highest BCUT2D eigenvalue weighted by Gasteiger charge is 2.19. The Balaban J connectivity index is 0.000000118. The van der Waals surface area contributed by atoms with Crippen molar-refractivity contribution in [2.75, 3.05) is 0 Å². The van der Waals surface area contributed by atoms with E-state index in [9.17, 15) is 15.6 Å². The first-order valence-electron chi connectivity index (χ1n) is 19.1. The summed E-state index contributed by atoms with van der Waals surface area (Å²) >= 11 is 0. The van der Waals surface area contributed by atoms with Crippen LogP contribution >= 0.6 is 0 Å². The van der Waals surface area contributed by atoms with E-state index in [-0.39, 0.29) is 18.1 Å². The molecule has 0 spiro atoms. The summed E-state index contributed by atoms with van der Waals surface area (Å²) in [6, 6.07) is 37.6. The van der Waals surface area contributed by atoms with Crippen LogP contribution in [-0.4, -0.2) is 89.7 Å². The molecule has 3 unspecified atom stereocenters. The molecular weight excluding hydrogens is 775 g/mol. The highest BCUT2D eigenvalue weighted by molar-refractivity contribution is 5.76. The molecule has 18 nitrogen and oxygen atoms in total. The lowest BCUT2D eigenvalue weighted by atomic mass is 9.98. The predicted molar refractivity (Wildman–Crippen MR) is 222 cm³/mol. The Morgan fingerprint density at radius 1 is 0.410 bits per heavy atom. The van der Waals surface area contributed by atoms with Gasteiger partial charge in [0.25, 0.3) is 0 Å². The van der Waals surface area contributed by atoms with Crippen LogP contribution in [0.1, 0.15) is 52.9 Å². The maximum absolute atomic E-state index is 9.74. The zero-order valence-electron chi connectivity index (χ0n) is 32.4. The molecule has 61 heavy (non-hydrogen) atoms. The number of hydrogen-bond donors (Lipinski definition) is 3. The molecule has 3 atom stereocenters. The quantitative estimate of drug-likeness (QED) is 0.141. The van der Waals surface area contributed by atoms with Gasteiger partial charge in [-0.05, 0) is 86.8 Å². The van der Waals surface area contributed by atoms with Crippen LogP contribution in [0.2, 0.25) is 0 Å². The SMILES string of the molecule is CC(c1ccc2nnn(O)c2c1)n1ccnc1.On1nnc2cc(C(c3ccccc3)n3ccnc3)ccc21.On1nnc2ccc(C(c3ccccc3)n3ccnc3)cc21. The van der Waals surface area contributed by atoms with E-state index < -0.39 is 0 Å². The summed E-state index contributed by atoms with van der Waals surface area (Å²) in [6.45, 7) is 2.06. The van der Waals surface area contributed by atoms with Crippen LogP contribution in [0, 0.1) is 0 Å². The van der Waals surface area contributed by atoms with Crippen molar-refractivity contribution in [2.24, 2.45) is 0 Å².